The lowest BCUT2D eigenvalue weighted by Crippen LogP contribution is -2.11. The summed E-state index contributed by atoms with van der Waals surface area (Å²) < 4.78 is 0. The number of aromatic nitrogens is 2. The lowest BCUT2D eigenvalue weighted by Gasteiger charge is -2.18. The third kappa shape index (κ3) is 1.06. The summed E-state index contributed by atoms with van der Waals surface area (Å²) in [4.78, 5) is 9.77. The molecule has 0 aliphatic rings. The lowest BCUT2D eigenvalue weighted by atomic mass is 10.6. The zero-order chi connectivity index (χ0) is 6.69. The summed E-state index contributed by atoms with van der Waals surface area (Å²) in [5.74, 6) is 0.144. The number of amides is 1. The van der Waals surface area contributed by atoms with Gasteiger partial charge in [0.05, 0.1) is 6.20 Å². The number of carbonyl (C=O) groups excluding carboxylic acids is 1. The molecule has 0 atom stereocenters. The van der Waals surface area contributed by atoms with Crippen LogP contribution in [-0.4, -0.2) is 16.6 Å². The number of H-pyrrole nitrogens is 1. The Morgan fingerprint density at radius 3 is 3.11 bits per heavy atom. The Kier molecular flexibility index (Phi) is 1.46. The number of carbonyl (C=O) groups is 1. The Labute approximate surface area is 50.9 Å². The van der Waals surface area contributed by atoms with Crippen molar-refractivity contribution in [2.24, 2.45) is 0 Å². The van der Waals surface area contributed by atoms with Crippen LogP contribution in [0.1, 0.15) is 0 Å². The summed E-state index contributed by atoms with van der Waals surface area (Å²) in [6.45, 7) is 0. The second-order valence-corrected chi connectivity index (χ2v) is 1.37. The van der Waals surface area contributed by atoms with Crippen molar-refractivity contribution in [2.45, 2.75) is 0 Å². The van der Waals surface area contributed by atoms with Crippen LogP contribution < -0.4 is 5.06 Å². The fourth-order valence-corrected chi connectivity index (χ4v) is 0.428. The third-order valence-electron chi connectivity index (χ3n) is 0.819. The van der Waals surface area contributed by atoms with E-state index in [1.807, 2.05) is 0 Å². The van der Waals surface area contributed by atoms with Crippen molar-refractivity contribution in [3.05, 3.63) is 17.5 Å². The molecule has 1 N–H and O–H groups in total. The van der Waals surface area contributed by atoms with Gasteiger partial charge in [-0.2, -0.15) is 5.10 Å². The second-order valence-electron chi connectivity index (χ2n) is 1.37. The fourth-order valence-electron chi connectivity index (χ4n) is 0.428. The summed E-state index contributed by atoms with van der Waals surface area (Å²) in [7, 11) is 0. The number of hydrogen-bond donors (Lipinski definition) is 1. The van der Waals surface area contributed by atoms with Crippen LogP contribution in [-0.2, 0) is 4.79 Å². The van der Waals surface area contributed by atoms with E-state index < -0.39 is 0 Å². The minimum Gasteiger partial charge on any atom is -0.751 e. The number of nitrogens with one attached hydrogen (secondary N) is 1. The highest BCUT2D eigenvalue weighted by Gasteiger charge is 1.90. The maximum Gasteiger partial charge on any atom is 0.204 e. The predicted molar refractivity (Wildman–Crippen MR) is 30.5 cm³/mol. The van der Waals surface area contributed by atoms with Gasteiger partial charge in [0, 0.05) is 0 Å². The Hall–Kier alpha value is -1.36. The van der Waals surface area contributed by atoms with E-state index in [4.69, 9.17) is 0 Å². The molecule has 0 aliphatic carbocycles. The van der Waals surface area contributed by atoms with Crippen molar-refractivity contribution in [3.63, 3.8) is 0 Å². The van der Waals surface area contributed by atoms with E-state index in [2.05, 4.69) is 10.2 Å². The average molecular weight is 126 g/mol. The van der Waals surface area contributed by atoms with Crippen molar-refractivity contribution < 1.29 is 4.79 Å². The van der Waals surface area contributed by atoms with Gasteiger partial charge in [-0.25, -0.2) is 0 Å². The van der Waals surface area contributed by atoms with E-state index >= 15 is 0 Å². The first-order valence-electron chi connectivity index (χ1n) is 2.25. The van der Waals surface area contributed by atoms with Crippen molar-refractivity contribution >= 4 is 12.2 Å². The molecule has 5 heteroatoms. The van der Waals surface area contributed by atoms with E-state index in [0.717, 1.165) is 0 Å². The highest BCUT2D eigenvalue weighted by Crippen LogP contribution is 2.02. The van der Waals surface area contributed by atoms with Crippen LogP contribution in [0.2, 0.25) is 0 Å². The molecule has 0 fully saturated rings. The number of hydroxylamine groups is 1. The second kappa shape index (κ2) is 2.27. The molecule has 1 amide bonds. The smallest absolute Gasteiger partial charge is 0.204 e. The highest BCUT2D eigenvalue weighted by atomic mass is 16.5. The standard InChI is InChI=1S/C4H4N3O2/c8-3-7(9)4-1-2-5-6-4/h1-3H,(H,5,6)/q-1. The summed E-state index contributed by atoms with van der Waals surface area (Å²) in [6, 6.07) is 1.40. The van der Waals surface area contributed by atoms with Gasteiger partial charge in [-0.3, -0.25) is 9.89 Å². The van der Waals surface area contributed by atoms with Crippen molar-refractivity contribution in [3.8, 4) is 0 Å². The van der Waals surface area contributed by atoms with Crippen LogP contribution in [0.3, 0.4) is 0 Å². The van der Waals surface area contributed by atoms with E-state index in [1.54, 1.807) is 0 Å². The van der Waals surface area contributed by atoms with Crippen LogP contribution in [0.15, 0.2) is 12.3 Å². The molecule has 1 rings (SSSR count). The number of nitrogens with zero attached hydrogens (tertiary/aromatic N) is 2. The normalized spacial score (nSPS) is 9.00. The highest BCUT2D eigenvalue weighted by molar-refractivity contribution is 5.73. The maximum absolute atomic E-state index is 10.4. The monoisotopic (exact) mass is 126 g/mol. The molecule has 5 nitrogen and oxygen atoms in total. The molecular weight excluding hydrogens is 122 g/mol. The topological polar surface area (TPSA) is 72.1 Å². The van der Waals surface area contributed by atoms with E-state index in [9.17, 15) is 10.0 Å². The van der Waals surface area contributed by atoms with Crippen molar-refractivity contribution in [2.75, 3.05) is 5.06 Å². The van der Waals surface area contributed by atoms with Gasteiger partial charge in [0.15, 0.2) is 0 Å². The van der Waals surface area contributed by atoms with Crippen LogP contribution in [0.5, 0.6) is 0 Å². The van der Waals surface area contributed by atoms with Crippen LogP contribution in [0.25, 0.3) is 0 Å². The summed E-state index contributed by atoms with van der Waals surface area (Å²) in [6.07, 6.45) is 1.55. The number of rotatable bonds is 2. The number of aromatic amines is 1. The largest absolute Gasteiger partial charge is 0.751 e. The molecule has 0 bridgehead atoms. The quantitative estimate of drug-likeness (QED) is 0.443. The van der Waals surface area contributed by atoms with Gasteiger partial charge in [-0.15, -0.1) is 0 Å². The molecule has 9 heavy (non-hydrogen) atoms. The van der Waals surface area contributed by atoms with Crippen LogP contribution in [0, 0.1) is 5.21 Å². The SMILES string of the molecule is O=CN([O-])c1ccn[nH]1. The molecule has 0 unspecified atom stereocenters. The minimum atomic E-state index is 0.144. The van der Waals surface area contributed by atoms with E-state index in [-0.39, 0.29) is 17.3 Å². The van der Waals surface area contributed by atoms with Crippen molar-refractivity contribution in [1.29, 1.82) is 0 Å². The first kappa shape index (κ1) is 5.77. The Balaban J connectivity index is 2.76. The Morgan fingerprint density at radius 1 is 1.89 bits per heavy atom. The number of anilines is 1. The number of hydrogen-bond acceptors (Lipinski definition) is 3. The Bertz CT molecular complexity index is 184. The molecule has 0 saturated heterocycles. The Morgan fingerprint density at radius 2 is 2.67 bits per heavy atom. The summed E-state index contributed by atoms with van der Waals surface area (Å²) in [5.41, 5.74) is 0. The van der Waals surface area contributed by atoms with Gasteiger partial charge in [0.1, 0.15) is 5.82 Å². The molecule has 0 saturated carbocycles. The van der Waals surface area contributed by atoms with Gasteiger partial charge in [-0.1, -0.05) is 0 Å². The lowest BCUT2D eigenvalue weighted by molar-refractivity contribution is -0.107. The molecule has 48 valence electrons. The van der Waals surface area contributed by atoms with Crippen LogP contribution in [0.4, 0.5) is 5.82 Å². The molecule has 0 radical (unpaired) electrons. The summed E-state index contributed by atoms with van der Waals surface area (Å²) in [5, 5.41) is 16.3. The summed E-state index contributed by atoms with van der Waals surface area (Å²) >= 11 is 0. The minimum absolute atomic E-state index is 0.144. The van der Waals surface area contributed by atoms with Crippen LogP contribution >= 0.6 is 0 Å². The molecule has 1 aromatic heterocycles. The van der Waals surface area contributed by atoms with E-state index in [1.165, 1.54) is 12.3 Å². The third-order valence-corrected chi connectivity index (χ3v) is 0.819. The zero-order valence-corrected chi connectivity index (χ0v) is 4.44. The van der Waals surface area contributed by atoms with Gasteiger partial charge in [0.2, 0.25) is 6.41 Å². The molecular formula is C4H4N3O2-. The van der Waals surface area contributed by atoms with Gasteiger partial charge in [-0.05, 0) is 6.07 Å². The average Bonchev–Trinajstić information content (AvgIpc) is 2.37. The van der Waals surface area contributed by atoms with E-state index in [0.29, 0.717) is 0 Å². The maximum atomic E-state index is 10.4. The first-order valence-corrected chi connectivity index (χ1v) is 2.25. The zero-order valence-electron chi connectivity index (χ0n) is 4.44. The molecule has 1 aromatic rings. The van der Waals surface area contributed by atoms with Crippen molar-refractivity contribution in [1.82, 2.24) is 10.2 Å². The molecule has 0 aliphatic heterocycles. The molecule has 0 spiro atoms. The first-order chi connectivity index (χ1) is 4.34. The fraction of sp³-hybridized carbons (Fsp3) is 0. The molecule has 0 aromatic carbocycles. The van der Waals surface area contributed by atoms with Gasteiger partial charge in [0.25, 0.3) is 0 Å². The van der Waals surface area contributed by atoms with Gasteiger partial charge >= 0.3 is 0 Å². The van der Waals surface area contributed by atoms with Gasteiger partial charge < -0.3 is 10.3 Å². The molecule has 1 heterocycles. The predicted octanol–water partition coefficient (Wildman–Crippen LogP) is -0.130.